The summed E-state index contributed by atoms with van der Waals surface area (Å²) in [4.78, 5) is 2.25. The zero-order valence-corrected chi connectivity index (χ0v) is 10.9. The standard InChI is InChI=1S/C12H19N.C2H6/c1-6-10-11(7-2)13(5)9-8-12(10,3)4;1-2/h6-7H,1-2,8-9H2,3-5H3;1-2H3. The van der Waals surface area contributed by atoms with Crippen molar-refractivity contribution in [2.45, 2.75) is 34.1 Å². The van der Waals surface area contributed by atoms with E-state index in [9.17, 15) is 0 Å². The fraction of sp³-hybridized carbons (Fsp3) is 0.571. The number of nitrogens with zero attached hydrogens (tertiary/aromatic N) is 1. The summed E-state index contributed by atoms with van der Waals surface area (Å²) in [5, 5.41) is 0. The average molecular weight is 207 g/mol. The second kappa shape index (κ2) is 5.79. The molecule has 0 fully saturated rings. The predicted octanol–water partition coefficient (Wildman–Crippen LogP) is 4.00. The maximum atomic E-state index is 3.88. The molecule has 1 nitrogen and oxygen atoms in total. The van der Waals surface area contributed by atoms with Crippen molar-refractivity contribution in [1.29, 1.82) is 0 Å². The van der Waals surface area contributed by atoms with Crippen LogP contribution < -0.4 is 0 Å². The fourth-order valence-corrected chi connectivity index (χ4v) is 1.90. The Kier molecular flexibility index (Phi) is 5.41. The molecule has 0 atom stereocenters. The first-order chi connectivity index (χ1) is 7.03. The van der Waals surface area contributed by atoms with Gasteiger partial charge in [0, 0.05) is 19.3 Å². The molecule has 0 aromatic carbocycles. The first kappa shape index (κ1) is 14.0. The second-order valence-electron chi connectivity index (χ2n) is 4.26. The van der Waals surface area contributed by atoms with Gasteiger partial charge in [0.25, 0.3) is 0 Å². The van der Waals surface area contributed by atoms with E-state index in [4.69, 9.17) is 0 Å². The van der Waals surface area contributed by atoms with E-state index in [1.54, 1.807) is 0 Å². The van der Waals surface area contributed by atoms with Crippen molar-refractivity contribution in [2.24, 2.45) is 5.41 Å². The molecule has 0 radical (unpaired) electrons. The first-order valence-electron chi connectivity index (χ1n) is 5.73. The summed E-state index contributed by atoms with van der Waals surface area (Å²) >= 11 is 0. The van der Waals surface area contributed by atoms with E-state index in [1.807, 2.05) is 26.0 Å². The Morgan fingerprint density at radius 3 is 2.07 bits per heavy atom. The monoisotopic (exact) mass is 207 g/mol. The van der Waals surface area contributed by atoms with E-state index in [1.165, 1.54) is 17.7 Å². The van der Waals surface area contributed by atoms with Gasteiger partial charge in [0.05, 0.1) is 0 Å². The van der Waals surface area contributed by atoms with Crippen LogP contribution in [0, 0.1) is 5.41 Å². The summed E-state index contributed by atoms with van der Waals surface area (Å²) in [5.41, 5.74) is 2.79. The molecule has 1 heteroatoms. The Hall–Kier alpha value is -0.980. The number of rotatable bonds is 2. The van der Waals surface area contributed by atoms with Crippen molar-refractivity contribution in [3.63, 3.8) is 0 Å². The quantitative estimate of drug-likeness (QED) is 0.661. The van der Waals surface area contributed by atoms with Crippen LogP contribution in [-0.2, 0) is 0 Å². The first-order valence-corrected chi connectivity index (χ1v) is 5.73. The number of allylic oxidation sites excluding steroid dienone is 3. The lowest BCUT2D eigenvalue weighted by Gasteiger charge is -2.38. The van der Waals surface area contributed by atoms with Gasteiger partial charge in [-0.3, -0.25) is 0 Å². The lowest BCUT2D eigenvalue weighted by molar-refractivity contribution is 0.283. The van der Waals surface area contributed by atoms with Crippen LogP contribution in [0.4, 0.5) is 0 Å². The van der Waals surface area contributed by atoms with Crippen molar-refractivity contribution < 1.29 is 0 Å². The molecule has 0 aromatic heterocycles. The zero-order valence-electron chi connectivity index (χ0n) is 10.9. The van der Waals surface area contributed by atoms with Crippen LogP contribution in [-0.4, -0.2) is 18.5 Å². The van der Waals surface area contributed by atoms with E-state index < -0.39 is 0 Å². The van der Waals surface area contributed by atoms with Gasteiger partial charge >= 0.3 is 0 Å². The summed E-state index contributed by atoms with van der Waals surface area (Å²) in [6, 6.07) is 0. The predicted molar refractivity (Wildman–Crippen MR) is 69.8 cm³/mol. The van der Waals surface area contributed by atoms with Crippen LogP contribution in [0.2, 0.25) is 0 Å². The van der Waals surface area contributed by atoms with Gasteiger partial charge in [-0.25, -0.2) is 0 Å². The van der Waals surface area contributed by atoms with Crippen LogP contribution in [0.1, 0.15) is 34.1 Å². The fourth-order valence-electron chi connectivity index (χ4n) is 1.90. The van der Waals surface area contributed by atoms with Crippen molar-refractivity contribution in [1.82, 2.24) is 4.90 Å². The van der Waals surface area contributed by atoms with Crippen LogP contribution in [0.15, 0.2) is 36.6 Å². The van der Waals surface area contributed by atoms with E-state index >= 15 is 0 Å². The smallest absolute Gasteiger partial charge is 0.0395 e. The van der Waals surface area contributed by atoms with E-state index in [0.29, 0.717) is 0 Å². The largest absolute Gasteiger partial charge is 0.374 e. The molecule has 0 unspecified atom stereocenters. The number of hydrogen-bond acceptors (Lipinski definition) is 1. The average Bonchev–Trinajstić information content (AvgIpc) is 2.24. The third-order valence-electron chi connectivity index (χ3n) is 2.89. The van der Waals surface area contributed by atoms with Gasteiger partial charge in [-0.05, 0) is 23.5 Å². The van der Waals surface area contributed by atoms with E-state index in [-0.39, 0.29) is 5.41 Å². The highest BCUT2D eigenvalue weighted by atomic mass is 15.1. The second-order valence-corrected chi connectivity index (χ2v) is 4.26. The van der Waals surface area contributed by atoms with Gasteiger partial charge in [-0.1, -0.05) is 46.9 Å². The van der Waals surface area contributed by atoms with Crippen molar-refractivity contribution >= 4 is 0 Å². The molecule has 0 saturated carbocycles. The molecule has 0 aliphatic carbocycles. The third-order valence-corrected chi connectivity index (χ3v) is 2.89. The summed E-state index contributed by atoms with van der Waals surface area (Å²) in [6.45, 7) is 17.4. The topological polar surface area (TPSA) is 3.24 Å². The molecule has 1 rings (SSSR count). The summed E-state index contributed by atoms with van der Waals surface area (Å²) < 4.78 is 0. The molecular weight excluding hydrogens is 182 g/mol. The Balaban J connectivity index is 0.000000921. The highest BCUT2D eigenvalue weighted by Crippen LogP contribution is 2.38. The van der Waals surface area contributed by atoms with Gasteiger partial charge in [0.1, 0.15) is 0 Å². The Bertz CT molecular complexity index is 259. The molecule has 0 amide bonds. The zero-order chi connectivity index (χ0) is 12.1. The van der Waals surface area contributed by atoms with Gasteiger partial charge in [0.15, 0.2) is 0 Å². The van der Waals surface area contributed by atoms with Crippen molar-refractivity contribution in [2.75, 3.05) is 13.6 Å². The molecule has 86 valence electrons. The van der Waals surface area contributed by atoms with Crippen molar-refractivity contribution in [3.05, 3.63) is 36.6 Å². The molecule has 0 spiro atoms. The SMILES string of the molecule is C=CC1=C(C=C)C(C)(C)CCN1C.CC. The van der Waals surface area contributed by atoms with E-state index in [0.717, 1.165) is 6.54 Å². The van der Waals surface area contributed by atoms with Gasteiger partial charge in [-0.2, -0.15) is 0 Å². The molecule has 0 bridgehead atoms. The molecule has 0 aromatic rings. The van der Waals surface area contributed by atoms with Crippen LogP contribution in [0.25, 0.3) is 0 Å². The van der Waals surface area contributed by atoms with E-state index in [2.05, 4.69) is 39.0 Å². The minimum absolute atomic E-state index is 0.248. The lowest BCUT2D eigenvalue weighted by atomic mass is 9.77. The molecule has 15 heavy (non-hydrogen) atoms. The van der Waals surface area contributed by atoms with Crippen LogP contribution in [0.5, 0.6) is 0 Å². The molecular formula is C14H25N. The normalized spacial score (nSPS) is 19.1. The summed E-state index contributed by atoms with van der Waals surface area (Å²) in [5.74, 6) is 0. The molecule has 1 aliphatic rings. The highest BCUT2D eigenvalue weighted by Gasteiger charge is 2.29. The highest BCUT2D eigenvalue weighted by molar-refractivity contribution is 5.36. The minimum atomic E-state index is 0.248. The van der Waals surface area contributed by atoms with Gasteiger partial charge < -0.3 is 4.90 Å². The summed E-state index contributed by atoms with van der Waals surface area (Å²) in [7, 11) is 2.11. The van der Waals surface area contributed by atoms with Crippen molar-refractivity contribution in [3.8, 4) is 0 Å². The molecule has 1 aliphatic heterocycles. The number of likely N-dealkylation sites (N-methyl/N-ethyl adjacent to an activating group) is 1. The Morgan fingerprint density at radius 2 is 1.73 bits per heavy atom. The van der Waals surface area contributed by atoms with Crippen LogP contribution in [0.3, 0.4) is 0 Å². The third kappa shape index (κ3) is 2.98. The molecule has 0 saturated heterocycles. The van der Waals surface area contributed by atoms with Gasteiger partial charge in [-0.15, -0.1) is 0 Å². The Morgan fingerprint density at radius 1 is 1.20 bits per heavy atom. The maximum absolute atomic E-state index is 3.88. The molecule has 1 heterocycles. The minimum Gasteiger partial charge on any atom is -0.374 e. The molecule has 0 N–H and O–H groups in total. The van der Waals surface area contributed by atoms with Crippen LogP contribution >= 0.6 is 0 Å². The lowest BCUT2D eigenvalue weighted by Crippen LogP contribution is -2.32. The maximum Gasteiger partial charge on any atom is 0.0395 e. The Labute approximate surface area is 95.2 Å². The summed E-state index contributed by atoms with van der Waals surface area (Å²) in [6.07, 6.45) is 5.08. The van der Waals surface area contributed by atoms with Gasteiger partial charge in [0.2, 0.25) is 0 Å². The number of hydrogen-bond donors (Lipinski definition) is 0.